The van der Waals surface area contributed by atoms with Gasteiger partial charge in [-0.1, -0.05) is 24.3 Å². The van der Waals surface area contributed by atoms with E-state index >= 15 is 0 Å². The molecular formula is C23H23NO3S. The summed E-state index contributed by atoms with van der Waals surface area (Å²) in [6.07, 6.45) is 0.956. The highest BCUT2D eigenvalue weighted by molar-refractivity contribution is 7.12. The molecule has 1 saturated carbocycles. The normalized spacial score (nSPS) is 17.8. The van der Waals surface area contributed by atoms with Gasteiger partial charge in [0.2, 0.25) is 5.91 Å². The van der Waals surface area contributed by atoms with Crippen molar-refractivity contribution in [3.63, 3.8) is 0 Å². The SMILES string of the molecule is COc1ccccc1Oc1ccc(CNC(=O)C2CC2c2ccc(C)s2)cc1. The van der Waals surface area contributed by atoms with Crippen LogP contribution in [-0.4, -0.2) is 13.0 Å². The fourth-order valence-electron chi connectivity index (χ4n) is 3.28. The molecule has 4 rings (SSSR count). The lowest BCUT2D eigenvalue weighted by molar-refractivity contribution is -0.122. The van der Waals surface area contributed by atoms with Crippen LogP contribution < -0.4 is 14.8 Å². The minimum atomic E-state index is 0.117. The van der Waals surface area contributed by atoms with E-state index in [1.54, 1.807) is 18.4 Å². The predicted octanol–water partition coefficient (Wildman–Crippen LogP) is 5.28. The van der Waals surface area contributed by atoms with Crippen LogP contribution in [0.25, 0.3) is 0 Å². The number of ether oxygens (including phenoxy) is 2. The number of nitrogens with one attached hydrogen (secondary N) is 1. The first-order valence-corrected chi connectivity index (χ1v) is 10.2. The number of thiophene rings is 1. The van der Waals surface area contributed by atoms with Gasteiger partial charge in [0.15, 0.2) is 11.5 Å². The van der Waals surface area contributed by atoms with E-state index in [4.69, 9.17) is 9.47 Å². The quantitative estimate of drug-likeness (QED) is 0.594. The van der Waals surface area contributed by atoms with Gasteiger partial charge in [0, 0.05) is 28.1 Å². The van der Waals surface area contributed by atoms with Crippen molar-refractivity contribution in [1.29, 1.82) is 0 Å². The minimum absolute atomic E-state index is 0.117. The van der Waals surface area contributed by atoms with Gasteiger partial charge >= 0.3 is 0 Å². The predicted molar refractivity (Wildman–Crippen MR) is 111 cm³/mol. The Bertz CT molecular complexity index is 964. The highest BCUT2D eigenvalue weighted by Gasteiger charge is 2.44. The van der Waals surface area contributed by atoms with Crippen molar-refractivity contribution in [2.75, 3.05) is 7.11 Å². The summed E-state index contributed by atoms with van der Waals surface area (Å²) in [5.74, 6) is 2.76. The Morgan fingerprint density at radius 2 is 1.82 bits per heavy atom. The van der Waals surface area contributed by atoms with Gasteiger partial charge in [-0.3, -0.25) is 4.79 Å². The Labute approximate surface area is 169 Å². The molecule has 2 unspecified atom stereocenters. The standard InChI is InChI=1S/C23H23NO3S/c1-15-7-12-22(28-15)18-13-19(18)23(25)24-14-16-8-10-17(11-9-16)27-21-6-4-3-5-20(21)26-2/h3-12,18-19H,13-14H2,1-2H3,(H,24,25). The van der Waals surface area contributed by atoms with Gasteiger partial charge in [0.05, 0.1) is 7.11 Å². The number of carbonyl (C=O) groups excluding carboxylic acids is 1. The first-order chi connectivity index (χ1) is 13.6. The minimum Gasteiger partial charge on any atom is -0.493 e. The van der Waals surface area contributed by atoms with Gasteiger partial charge in [-0.2, -0.15) is 0 Å². The molecule has 1 aromatic heterocycles. The van der Waals surface area contributed by atoms with Crippen LogP contribution in [0.15, 0.2) is 60.7 Å². The maximum absolute atomic E-state index is 12.4. The summed E-state index contributed by atoms with van der Waals surface area (Å²) in [4.78, 5) is 15.0. The molecule has 2 aromatic carbocycles. The van der Waals surface area contributed by atoms with Gasteiger partial charge in [-0.05, 0) is 55.3 Å². The molecular weight excluding hydrogens is 370 g/mol. The maximum atomic E-state index is 12.4. The second-order valence-corrected chi connectivity index (χ2v) is 8.33. The summed E-state index contributed by atoms with van der Waals surface area (Å²) < 4.78 is 11.2. The number of rotatable bonds is 7. The Hall–Kier alpha value is -2.79. The third kappa shape index (κ3) is 4.20. The number of carbonyl (C=O) groups is 1. The summed E-state index contributed by atoms with van der Waals surface area (Å²) in [5.41, 5.74) is 1.05. The number of hydrogen-bond acceptors (Lipinski definition) is 4. The van der Waals surface area contributed by atoms with Crippen LogP contribution >= 0.6 is 11.3 Å². The van der Waals surface area contributed by atoms with E-state index in [1.807, 2.05) is 48.5 Å². The van der Waals surface area contributed by atoms with Crippen molar-refractivity contribution >= 4 is 17.2 Å². The second-order valence-electron chi connectivity index (χ2n) is 7.01. The van der Waals surface area contributed by atoms with E-state index in [1.165, 1.54) is 9.75 Å². The van der Waals surface area contributed by atoms with E-state index in [9.17, 15) is 4.79 Å². The molecule has 2 atom stereocenters. The van der Waals surface area contributed by atoms with Gasteiger partial charge in [-0.15, -0.1) is 11.3 Å². The molecule has 0 bridgehead atoms. The van der Waals surface area contributed by atoms with Gasteiger partial charge in [0.1, 0.15) is 5.75 Å². The Morgan fingerprint density at radius 3 is 2.50 bits per heavy atom. The van der Waals surface area contributed by atoms with E-state index in [-0.39, 0.29) is 11.8 Å². The lowest BCUT2D eigenvalue weighted by Gasteiger charge is -2.10. The Morgan fingerprint density at radius 1 is 1.07 bits per heavy atom. The van der Waals surface area contributed by atoms with Crippen molar-refractivity contribution in [3.8, 4) is 17.2 Å². The number of para-hydroxylation sites is 2. The molecule has 1 aliphatic carbocycles. The van der Waals surface area contributed by atoms with Crippen molar-refractivity contribution in [1.82, 2.24) is 5.32 Å². The zero-order valence-electron chi connectivity index (χ0n) is 16.0. The number of methoxy groups -OCH3 is 1. The van der Waals surface area contributed by atoms with Gasteiger partial charge < -0.3 is 14.8 Å². The molecule has 4 nitrogen and oxygen atoms in total. The second kappa shape index (κ2) is 8.07. The molecule has 3 aromatic rings. The first kappa shape index (κ1) is 18.6. The molecule has 1 aliphatic rings. The zero-order valence-corrected chi connectivity index (χ0v) is 16.8. The molecule has 0 spiro atoms. The van der Waals surface area contributed by atoms with Crippen LogP contribution in [0.1, 0.15) is 27.7 Å². The number of benzene rings is 2. The molecule has 144 valence electrons. The summed E-state index contributed by atoms with van der Waals surface area (Å²) in [6, 6.07) is 19.6. The van der Waals surface area contributed by atoms with Crippen LogP contribution in [0.4, 0.5) is 0 Å². The van der Waals surface area contributed by atoms with E-state index in [2.05, 4.69) is 24.4 Å². The fraction of sp³-hybridized carbons (Fsp3) is 0.261. The molecule has 0 radical (unpaired) electrons. The largest absolute Gasteiger partial charge is 0.493 e. The number of aryl methyl sites for hydroxylation is 1. The number of hydrogen-bond donors (Lipinski definition) is 1. The molecule has 0 saturated heterocycles. The highest BCUT2D eigenvalue weighted by atomic mass is 32.1. The summed E-state index contributed by atoms with van der Waals surface area (Å²) in [6.45, 7) is 2.63. The Kier molecular flexibility index (Phi) is 5.35. The molecule has 1 N–H and O–H groups in total. The van der Waals surface area contributed by atoms with E-state index in [0.29, 0.717) is 24.0 Å². The van der Waals surface area contributed by atoms with Crippen LogP contribution in [0.2, 0.25) is 0 Å². The molecule has 0 aliphatic heterocycles. The van der Waals surface area contributed by atoms with Gasteiger partial charge in [-0.25, -0.2) is 0 Å². The Balaban J connectivity index is 1.30. The average molecular weight is 394 g/mol. The lowest BCUT2D eigenvalue weighted by Crippen LogP contribution is -2.24. The average Bonchev–Trinajstić information content (AvgIpc) is 3.41. The zero-order chi connectivity index (χ0) is 19.5. The van der Waals surface area contributed by atoms with Crippen LogP contribution in [0.3, 0.4) is 0 Å². The molecule has 5 heteroatoms. The molecule has 1 amide bonds. The van der Waals surface area contributed by atoms with E-state index in [0.717, 1.165) is 17.7 Å². The summed E-state index contributed by atoms with van der Waals surface area (Å²) >= 11 is 1.80. The highest BCUT2D eigenvalue weighted by Crippen LogP contribution is 2.49. The monoisotopic (exact) mass is 393 g/mol. The van der Waals surface area contributed by atoms with E-state index < -0.39 is 0 Å². The molecule has 1 heterocycles. The number of amides is 1. The topological polar surface area (TPSA) is 47.6 Å². The third-order valence-electron chi connectivity index (χ3n) is 4.94. The summed E-state index contributed by atoms with van der Waals surface area (Å²) in [7, 11) is 1.62. The van der Waals surface area contributed by atoms with Crippen LogP contribution in [0, 0.1) is 12.8 Å². The fourth-order valence-corrected chi connectivity index (χ4v) is 4.33. The van der Waals surface area contributed by atoms with Gasteiger partial charge in [0.25, 0.3) is 0 Å². The smallest absolute Gasteiger partial charge is 0.224 e. The van der Waals surface area contributed by atoms with Crippen LogP contribution in [-0.2, 0) is 11.3 Å². The maximum Gasteiger partial charge on any atom is 0.224 e. The van der Waals surface area contributed by atoms with Crippen molar-refractivity contribution in [3.05, 3.63) is 76.0 Å². The van der Waals surface area contributed by atoms with Crippen LogP contribution in [0.5, 0.6) is 17.2 Å². The van der Waals surface area contributed by atoms with Crippen molar-refractivity contribution < 1.29 is 14.3 Å². The lowest BCUT2D eigenvalue weighted by atomic mass is 10.2. The molecule has 28 heavy (non-hydrogen) atoms. The molecule has 1 fully saturated rings. The van der Waals surface area contributed by atoms with Crippen molar-refractivity contribution in [2.24, 2.45) is 5.92 Å². The first-order valence-electron chi connectivity index (χ1n) is 9.38. The van der Waals surface area contributed by atoms with Crippen molar-refractivity contribution in [2.45, 2.75) is 25.8 Å². The summed E-state index contributed by atoms with van der Waals surface area (Å²) in [5, 5.41) is 3.06. The third-order valence-corrected chi connectivity index (χ3v) is 6.07.